The predicted octanol–water partition coefficient (Wildman–Crippen LogP) is 40.0. The standard InChI is InChI=1S/C132H142N4S8/c1-125(2,3)97-33-49-105(50-34-97)137-77-89-29-25-85(73-93(89)81-141-109-57-41-101(42-58-109)129(13,14)15)121-113-65-67-115(133-113)122(86-26-30-90(78-138-106-51-35-98(36-52-106)126(4,5)6)94(74-86)82-142-110-59-43-102(44-60-110)130(16,17)18)117-69-71-119(135-117)124(88-28-32-92(80-140-108-55-39-100(40-56-108)128(10,11)12)96(76-88)84-144-112-63-47-104(48-64-112)132(22,23)24)120-72-70-118(136-120)123(116-68-66-114(121)134-116)87-27-31-91(79-139-107-53-37-99(38-54-107)127(7,8)9)95(75-87)83-143-111-61-45-103(46-62-111)131(19,20)21/h25-76,133,136H,77-84H2,1-24H3. The molecule has 0 amide bonds. The highest BCUT2D eigenvalue weighted by atomic mass is 32.2. The third kappa shape index (κ3) is 26.2. The van der Waals surface area contributed by atoms with Gasteiger partial charge in [0.15, 0.2) is 0 Å². The van der Waals surface area contributed by atoms with Gasteiger partial charge in [0.05, 0.1) is 22.8 Å². The van der Waals surface area contributed by atoms with Crippen molar-refractivity contribution in [3.63, 3.8) is 0 Å². The second-order valence-electron chi connectivity index (χ2n) is 46.9. The summed E-state index contributed by atoms with van der Waals surface area (Å²) in [7, 11) is 0. The van der Waals surface area contributed by atoms with Crippen LogP contribution in [0.3, 0.4) is 0 Å². The molecule has 0 atom stereocenters. The molecule has 0 spiro atoms. The lowest BCUT2D eigenvalue weighted by molar-refractivity contribution is 0.589. The second-order valence-corrected chi connectivity index (χ2v) is 55.3. The van der Waals surface area contributed by atoms with E-state index in [1.165, 1.54) is 128 Å². The van der Waals surface area contributed by atoms with Gasteiger partial charge in [0.2, 0.25) is 0 Å². The molecule has 0 saturated heterocycles. The highest BCUT2D eigenvalue weighted by molar-refractivity contribution is 8.00. The Balaban J connectivity index is 0.912. The molecule has 2 aliphatic rings. The van der Waals surface area contributed by atoms with Crippen molar-refractivity contribution in [1.82, 2.24) is 19.9 Å². The number of fused-ring (bicyclic) bond motifs is 8. The first-order valence-electron chi connectivity index (χ1n) is 50.8. The number of nitrogens with zero attached hydrogens (tertiary/aromatic N) is 2. The SMILES string of the molecule is CC(C)(C)c1ccc(SCc2ccc(-c3c4nc(c(-c5ccc(CSc6ccc(C(C)(C)C)cc6)c(CSc6ccc(C(C)(C)C)cc6)c5)c5ccc([nH]5)c(-c5ccc(CSc6ccc(C(C)(C)C)cc6)c(CSc6ccc(C(C)(C)C)cc6)c5)c5nc(c(-c6ccc(CSc7ccc(C(C)(C)C)cc7)c(CSc7ccc(C(C)(C)C)cc7)c6)c6ccc3[nH]6)C=C5)C=C4)cc2CSc2ccc(C(C)(C)C)cc2)cc1. The first-order chi connectivity index (χ1) is 68.3. The molecule has 12 heteroatoms. The zero-order chi connectivity index (χ0) is 102. The van der Waals surface area contributed by atoms with Crippen molar-refractivity contribution in [2.75, 3.05) is 0 Å². The molecule has 3 aromatic heterocycles. The fourth-order valence-corrected chi connectivity index (χ4v) is 25.8. The predicted molar refractivity (Wildman–Crippen MR) is 638 cm³/mol. The Morgan fingerprint density at radius 1 is 0.167 bits per heavy atom. The molecule has 738 valence electrons. The minimum atomic E-state index is 0.0319. The molecule has 0 unspecified atom stereocenters. The number of rotatable bonds is 28. The van der Waals surface area contributed by atoms with E-state index in [0.29, 0.717) is 0 Å². The van der Waals surface area contributed by atoms with Crippen LogP contribution in [0.15, 0.2) is 330 Å². The summed E-state index contributed by atoms with van der Waals surface area (Å²) in [5.41, 5.74) is 37.0. The van der Waals surface area contributed by atoms with E-state index in [2.05, 4.69) is 492 Å². The summed E-state index contributed by atoms with van der Waals surface area (Å²) in [6.07, 6.45) is 9.17. The zero-order valence-electron chi connectivity index (χ0n) is 88.8. The quantitative estimate of drug-likeness (QED) is 0.0464. The maximum atomic E-state index is 6.14. The van der Waals surface area contributed by atoms with Crippen molar-refractivity contribution in [2.45, 2.75) is 295 Å². The largest absolute Gasteiger partial charge is 0.354 e. The molecule has 0 aliphatic carbocycles. The molecular weight excluding hydrogens is 1900 g/mol. The number of thioether (sulfide) groups is 8. The van der Waals surface area contributed by atoms with Gasteiger partial charge in [0, 0.05) is 130 Å². The van der Waals surface area contributed by atoms with Gasteiger partial charge in [-0.25, -0.2) is 9.97 Å². The number of aromatic amines is 2. The highest BCUT2D eigenvalue weighted by Gasteiger charge is 2.28. The number of H-pyrrole nitrogens is 2. The summed E-state index contributed by atoms with van der Waals surface area (Å²) >= 11 is 15.3. The van der Waals surface area contributed by atoms with Crippen LogP contribution < -0.4 is 0 Å². The number of benzene rings is 12. The Kier molecular flexibility index (Phi) is 32.1. The Morgan fingerprint density at radius 2 is 0.306 bits per heavy atom. The van der Waals surface area contributed by atoms with Crippen molar-refractivity contribution in [3.8, 4) is 44.5 Å². The van der Waals surface area contributed by atoms with E-state index in [1.807, 2.05) is 94.1 Å². The Labute approximate surface area is 894 Å². The van der Waals surface area contributed by atoms with Crippen molar-refractivity contribution in [3.05, 3.63) is 403 Å². The smallest absolute Gasteiger partial charge is 0.0737 e. The van der Waals surface area contributed by atoms with Crippen LogP contribution in [-0.2, 0) is 89.3 Å². The lowest BCUT2D eigenvalue weighted by Crippen LogP contribution is -2.10. The molecule has 2 N–H and O–H groups in total. The molecular formula is C132H142N4S8. The number of hydrogen-bond donors (Lipinski definition) is 2. The van der Waals surface area contributed by atoms with Crippen molar-refractivity contribution in [1.29, 1.82) is 0 Å². The van der Waals surface area contributed by atoms with Crippen LogP contribution in [0, 0.1) is 0 Å². The molecule has 5 heterocycles. The molecule has 0 radical (unpaired) electrons. The van der Waals surface area contributed by atoms with Crippen LogP contribution in [0.4, 0.5) is 0 Å². The Bertz CT molecular complexity index is 6470. The number of nitrogens with one attached hydrogen (secondary N) is 2. The van der Waals surface area contributed by atoms with Crippen molar-refractivity contribution in [2.24, 2.45) is 0 Å². The summed E-state index contributed by atoms with van der Waals surface area (Å²) in [5, 5.41) is 0. The molecule has 2 aliphatic heterocycles. The minimum Gasteiger partial charge on any atom is -0.354 e. The zero-order valence-corrected chi connectivity index (χ0v) is 95.4. The number of aromatic nitrogens is 4. The van der Waals surface area contributed by atoms with Crippen LogP contribution >= 0.6 is 94.1 Å². The second kappa shape index (κ2) is 43.8. The monoisotopic (exact) mass is 2040 g/mol. The van der Waals surface area contributed by atoms with Gasteiger partial charge in [-0.1, -0.05) is 312 Å². The van der Waals surface area contributed by atoms with Gasteiger partial charge in [-0.15, -0.1) is 94.1 Å². The maximum Gasteiger partial charge on any atom is 0.0737 e. The lowest BCUT2D eigenvalue weighted by atomic mass is 9.87. The summed E-state index contributed by atoms with van der Waals surface area (Å²) in [6, 6.07) is 113. The van der Waals surface area contributed by atoms with E-state index in [0.717, 1.165) is 135 Å². The molecule has 12 aromatic carbocycles. The lowest BCUT2D eigenvalue weighted by Gasteiger charge is -2.19. The van der Waals surface area contributed by atoms with Crippen LogP contribution in [0.25, 0.3) is 90.9 Å². The summed E-state index contributed by atoms with van der Waals surface area (Å²) < 4.78 is 0. The molecule has 0 fully saturated rings. The van der Waals surface area contributed by atoms with Crippen molar-refractivity contribution >= 4 is 140 Å². The van der Waals surface area contributed by atoms with Gasteiger partial charge in [-0.05, 0) is 324 Å². The van der Waals surface area contributed by atoms with Crippen molar-refractivity contribution < 1.29 is 0 Å². The van der Waals surface area contributed by atoms with E-state index in [-0.39, 0.29) is 43.3 Å². The van der Waals surface area contributed by atoms with Crippen LogP contribution in [0.1, 0.15) is 278 Å². The van der Waals surface area contributed by atoms with Gasteiger partial charge >= 0.3 is 0 Å². The number of hydrogen-bond acceptors (Lipinski definition) is 10. The van der Waals surface area contributed by atoms with Gasteiger partial charge < -0.3 is 9.97 Å². The first-order valence-corrected chi connectivity index (χ1v) is 58.7. The maximum absolute atomic E-state index is 6.14. The van der Waals surface area contributed by atoms with E-state index < -0.39 is 0 Å². The summed E-state index contributed by atoms with van der Waals surface area (Å²) in [5.74, 6) is 6.29. The van der Waals surface area contributed by atoms with E-state index >= 15 is 0 Å². The van der Waals surface area contributed by atoms with Crippen LogP contribution in [-0.4, -0.2) is 19.9 Å². The summed E-state index contributed by atoms with van der Waals surface area (Å²) in [4.78, 5) is 30.9. The van der Waals surface area contributed by atoms with E-state index in [9.17, 15) is 0 Å². The van der Waals surface area contributed by atoms with Crippen LogP contribution in [0.5, 0.6) is 0 Å². The minimum absolute atomic E-state index is 0.0319. The third-order valence-corrected chi connectivity index (χ3v) is 36.1. The van der Waals surface area contributed by atoms with Crippen LogP contribution in [0.2, 0.25) is 0 Å². The van der Waals surface area contributed by atoms with Gasteiger partial charge in [0.25, 0.3) is 0 Å². The highest BCUT2D eigenvalue weighted by Crippen LogP contribution is 2.47. The van der Waals surface area contributed by atoms with E-state index in [4.69, 9.17) is 9.97 Å². The fraction of sp³-hybridized carbons (Fsp3) is 0.303. The first kappa shape index (κ1) is 105. The Hall–Kier alpha value is -9.96. The average Bonchev–Trinajstić information content (AvgIpc) is 1.60. The van der Waals surface area contributed by atoms with Gasteiger partial charge in [-0.3, -0.25) is 0 Å². The molecule has 15 aromatic rings. The van der Waals surface area contributed by atoms with Gasteiger partial charge in [0.1, 0.15) is 0 Å². The molecule has 144 heavy (non-hydrogen) atoms. The van der Waals surface area contributed by atoms with E-state index in [1.54, 1.807) is 0 Å². The van der Waals surface area contributed by atoms with Gasteiger partial charge in [-0.2, -0.15) is 0 Å². The molecule has 8 bridgehead atoms. The topological polar surface area (TPSA) is 57.4 Å². The summed E-state index contributed by atoms with van der Waals surface area (Å²) in [6.45, 7) is 55.1. The fourth-order valence-electron chi connectivity index (χ4n) is 18.3. The molecule has 4 nitrogen and oxygen atoms in total. The Morgan fingerprint density at radius 3 is 0.444 bits per heavy atom. The third-order valence-electron chi connectivity index (χ3n) is 27.7. The normalized spacial score (nSPS) is 12.8. The molecule has 17 rings (SSSR count). The average molecular weight is 2040 g/mol. The molecule has 0 saturated carbocycles.